The van der Waals surface area contributed by atoms with Crippen LogP contribution in [0.3, 0.4) is 0 Å². The Kier molecular flexibility index (Phi) is 6.23. The van der Waals surface area contributed by atoms with Crippen LogP contribution in [0.4, 0.5) is 14.9 Å². The molecule has 34 heavy (non-hydrogen) atoms. The molecule has 0 bridgehead atoms. The Balaban J connectivity index is 1.37. The van der Waals surface area contributed by atoms with Gasteiger partial charge in [-0.25, -0.2) is 9.18 Å². The van der Waals surface area contributed by atoms with Gasteiger partial charge in [0, 0.05) is 55.6 Å². The number of benzene rings is 1. The number of hydrogen-bond acceptors (Lipinski definition) is 5. The van der Waals surface area contributed by atoms with E-state index in [0.717, 1.165) is 5.56 Å². The van der Waals surface area contributed by atoms with Crippen LogP contribution in [0.1, 0.15) is 27.2 Å². The fourth-order valence-corrected chi connectivity index (χ4v) is 3.78. The minimum absolute atomic E-state index is 0.00706. The van der Waals surface area contributed by atoms with Crippen LogP contribution >= 0.6 is 0 Å². The monoisotopic (exact) mass is 466 g/mol. The van der Waals surface area contributed by atoms with Crippen molar-refractivity contribution in [2.45, 2.75) is 38.8 Å². The third kappa shape index (κ3) is 5.33. The summed E-state index contributed by atoms with van der Waals surface area (Å²) in [7, 11) is 1.82. The van der Waals surface area contributed by atoms with E-state index in [1.165, 1.54) is 12.1 Å². The number of hydrogen-bond donors (Lipinski definition) is 2. The summed E-state index contributed by atoms with van der Waals surface area (Å²) >= 11 is 0. The Morgan fingerprint density at radius 3 is 2.62 bits per heavy atom. The van der Waals surface area contributed by atoms with E-state index in [0.29, 0.717) is 18.0 Å². The van der Waals surface area contributed by atoms with Crippen molar-refractivity contribution >= 4 is 17.6 Å². The molecule has 1 aliphatic rings. The van der Waals surface area contributed by atoms with Gasteiger partial charge < -0.3 is 20.3 Å². The van der Waals surface area contributed by atoms with Crippen molar-refractivity contribution < 1.29 is 18.7 Å². The number of carbonyl (C=O) groups is 2. The predicted molar refractivity (Wildman–Crippen MR) is 125 cm³/mol. The Morgan fingerprint density at radius 1 is 1.21 bits per heavy atom. The van der Waals surface area contributed by atoms with Gasteiger partial charge in [0.2, 0.25) is 5.91 Å². The molecule has 1 atom stereocenters. The third-order valence-corrected chi connectivity index (χ3v) is 5.43. The van der Waals surface area contributed by atoms with Crippen molar-refractivity contribution in [1.29, 1.82) is 0 Å². The van der Waals surface area contributed by atoms with Gasteiger partial charge >= 0.3 is 6.03 Å². The second-order valence-electron chi connectivity index (χ2n) is 9.20. The van der Waals surface area contributed by atoms with Crippen LogP contribution in [0.2, 0.25) is 0 Å². The number of pyridine rings is 1. The third-order valence-electron chi connectivity index (χ3n) is 5.43. The van der Waals surface area contributed by atoms with E-state index in [2.05, 4.69) is 20.7 Å². The maximum atomic E-state index is 14.6. The molecule has 2 N–H and O–H groups in total. The predicted octanol–water partition coefficient (Wildman–Crippen LogP) is 3.93. The largest absolute Gasteiger partial charge is 0.457 e. The Bertz CT molecular complexity index is 1220. The van der Waals surface area contributed by atoms with E-state index in [4.69, 9.17) is 4.74 Å². The summed E-state index contributed by atoms with van der Waals surface area (Å²) in [5.41, 5.74) is 1.20. The molecular formula is C24H27FN6O3. The molecule has 3 aromatic rings. The molecule has 10 heteroatoms. The molecule has 178 valence electrons. The molecule has 1 fully saturated rings. The average molecular weight is 467 g/mol. The van der Waals surface area contributed by atoms with E-state index >= 15 is 0 Å². The molecule has 1 aliphatic heterocycles. The van der Waals surface area contributed by atoms with Gasteiger partial charge in [0.15, 0.2) is 0 Å². The Morgan fingerprint density at radius 2 is 1.97 bits per heavy atom. The molecule has 0 saturated carbocycles. The maximum Gasteiger partial charge on any atom is 0.319 e. The highest BCUT2D eigenvalue weighted by molar-refractivity contribution is 5.90. The molecule has 3 heterocycles. The summed E-state index contributed by atoms with van der Waals surface area (Å²) in [6.45, 7) is 6.24. The number of rotatable bonds is 5. The highest BCUT2D eigenvalue weighted by atomic mass is 19.1. The normalized spacial score (nSPS) is 16.0. The van der Waals surface area contributed by atoms with Crippen molar-refractivity contribution in [2.75, 3.05) is 11.9 Å². The van der Waals surface area contributed by atoms with Gasteiger partial charge in [-0.15, -0.1) is 0 Å². The number of urea groups is 1. The van der Waals surface area contributed by atoms with Crippen LogP contribution in [0.25, 0.3) is 11.3 Å². The highest BCUT2D eigenvalue weighted by Crippen LogP contribution is 2.28. The molecule has 2 aromatic heterocycles. The maximum absolute atomic E-state index is 14.6. The van der Waals surface area contributed by atoms with Crippen molar-refractivity contribution in [3.05, 3.63) is 54.7 Å². The average Bonchev–Trinajstić information content (AvgIpc) is 3.35. The number of nitrogens with zero attached hydrogens (tertiary/aromatic N) is 4. The first-order valence-corrected chi connectivity index (χ1v) is 10.9. The van der Waals surface area contributed by atoms with Gasteiger partial charge in [-0.2, -0.15) is 5.10 Å². The zero-order chi connectivity index (χ0) is 24.5. The van der Waals surface area contributed by atoms with E-state index < -0.39 is 11.8 Å². The molecule has 3 amide bonds. The number of nitrogens with one attached hydrogen (secondary N) is 2. The van der Waals surface area contributed by atoms with Crippen LogP contribution < -0.4 is 15.4 Å². The second kappa shape index (κ2) is 9.12. The fourth-order valence-electron chi connectivity index (χ4n) is 3.78. The number of likely N-dealkylation sites (tertiary alicyclic amines) is 1. The lowest BCUT2D eigenvalue weighted by atomic mass is 10.1. The van der Waals surface area contributed by atoms with Crippen LogP contribution in [0.15, 0.2) is 48.9 Å². The van der Waals surface area contributed by atoms with Gasteiger partial charge in [-0.1, -0.05) is 0 Å². The summed E-state index contributed by atoms with van der Waals surface area (Å²) in [4.78, 5) is 30.6. The molecule has 0 aliphatic carbocycles. The van der Waals surface area contributed by atoms with Crippen molar-refractivity contribution in [1.82, 2.24) is 25.0 Å². The number of aryl methyl sites for hydroxylation is 1. The van der Waals surface area contributed by atoms with Crippen molar-refractivity contribution in [2.24, 2.45) is 7.05 Å². The number of halogens is 1. The first kappa shape index (κ1) is 23.2. The van der Waals surface area contributed by atoms with Gasteiger partial charge in [-0.05, 0) is 39.0 Å². The lowest BCUT2D eigenvalue weighted by molar-refractivity contribution is -0.131. The zero-order valence-corrected chi connectivity index (χ0v) is 19.5. The number of ether oxygens (including phenoxy) is 1. The molecule has 1 unspecified atom stereocenters. The number of anilines is 1. The lowest BCUT2D eigenvalue weighted by Gasteiger charge is -2.32. The summed E-state index contributed by atoms with van der Waals surface area (Å²) in [6.07, 6.45) is 5.34. The van der Waals surface area contributed by atoms with E-state index in [1.807, 2.05) is 34.0 Å². The van der Waals surface area contributed by atoms with E-state index in [9.17, 15) is 14.0 Å². The number of aromatic nitrogens is 3. The molecule has 9 nitrogen and oxygen atoms in total. The molecular weight excluding hydrogens is 439 g/mol. The van der Waals surface area contributed by atoms with Crippen molar-refractivity contribution in [3.63, 3.8) is 0 Å². The molecule has 1 aromatic carbocycles. The summed E-state index contributed by atoms with van der Waals surface area (Å²) < 4.78 is 22.1. The topological polar surface area (TPSA) is 101 Å². The first-order chi connectivity index (χ1) is 16.1. The van der Waals surface area contributed by atoms with Gasteiger partial charge in [0.05, 0.1) is 23.6 Å². The fraction of sp³-hybridized carbons (Fsp3) is 0.333. The lowest BCUT2D eigenvalue weighted by Crippen LogP contribution is -2.45. The zero-order valence-electron chi connectivity index (χ0n) is 19.5. The minimum atomic E-state index is -0.645. The summed E-state index contributed by atoms with van der Waals surface area (Å²) in [5.74, 6) is 0.0938. The molecule has 1 saturated heterocycles. The van der Waals surface area contributed by atoms with Gasteiger partial charge in [0.1, 0.15) is 17.3 Å². The van der Waals surface area contributed by atoms with Gasteiger partial charge in [-0.3, -0.25) is 14.5 Å². The molecule has 4 rings (SSSR count). The number of carbonyl (C=O) groups excluding carboxylic acids is 2. The van der Waals surface area contributed by atoms with E-state index in [1.54, 1.807) is 40.2 Å². The Labute approximate surface area is 196 Å². The first-order valence-electron chi connectivity index (χ1n) is 10.9. The summed E-state index contributed by atoms with van der Waals surface area (Å²) in [5, 5.41) is 9.37. The molecule has 0 spiro atoms. The number of amides is 3. The standard InChI is InChI=1S/C24H27FN6O3/c1-24(2,3)31-14-16(9-22(31)32)28-23(33)29-20-6-5-17(10-19(20)25)34-18-7-8-26-21(11-18)15-12-27-30(4)13-15/h5-8,10-13,16H,9,14H2,1-4H3,(H2,28,29,33). The Hall–Kier alpha value is -3.95. The van der Waals surface area contributed by atoms with E-state index in [-0.39, 0.29) is 35.3 Å². The van der Waals surface area contributed by atoms with Crippen LogP contribution in [-0.4, -0.2) is 49.7 Å². The van der Waals surface area contributed by atoms with Crippen LogP contribution in [0, 0.1) is 5.82 Å². The second-order valence-corrected chi connectivity index (χ2v) is 9.20. The van der Waals surface area contributed by atoms with Crippen LogP contribution in [-0.2, 0) is 11.8 Å². The van der Waals surface area contributed by atoms with Crippen LogP contribution in [0.5, 0.6) is 11.5 Å². The summed E-state index contributed by atoms with van der Waals surface area (Å²) in [6, 6.07) is 6.67. The quantitative estimate of drug-likeness (QED) is 0.593. The minimum Gasteiger partial charge on any atom is -0.457 e. The highest BCUT2D eigenvalue weighted by Gasteiger charge is 2.36. The smallest absolute Gasteiger partial charge is 0.319 e. The molecule has 0 radical (unpaired) electrons. The SMILES string of the molecule is Cn1cc(-c2cc(Oc3ccc(NC(=O)NC4CC(=O)N(C(C)(C)C)C4)c(F)c3)ccn2)cn1. The van der Waals surface area contributed by atoms with Gasteiger partial charge in [0.25, 0.3) is 0 Å². The van der Waals surface area contributed by atoms with Crippen molar-refractivity contribution in [3.8, 4) is 22.8 Å².